The molecule has 0 unspecified atom stereocenters. The average molecular weight is 484 g/mol. The van der Waals surface area contributed by atoms with E-state index < -0.39 is 0 Å². The van der Waals surface area contributed by atoms with E-state index in [0.717, 1.165) is 52.9 Å². The molecule has 0 N–H and O–H groups in total. The summed E-state index contributed by atoms with van der Waals surface area (Å²) in [5, 5.41) is 1.01. The van der Waals surface area contributed by atoms with E-state index in [-0.39, 0.29) is 12.5 Å². The number of benzene rings is 3. The van der Waals surface area contributed by atoms with E-state index in [2.05, 4.69) is 60.5 Å². The van der Waals surface area contributed by atoms with Crippen molar-refractivity contribution in [1.82, 2.24) is 14.8 Å². The third-order valence-corrected chi connectivity index (χ3v) is 7.63. The van der Waals surface area contributed by atoms with Crippen LogP contribution in [-0.4, -0.2) is 60.5 Å². The van der Waals surface area contributed by atoms with Crippen molar-refractivity contribution in [1.29, 1.82) is 0 Å². The van der Waals surface area contributed by atoms with E-state index in [1.54, 1.807) is 11.3 Å². The van der Waals surface area contributed by atoms with E-state index >= 15 is 0 Å². The number of rotatable bonds is 6. The summed E-state index contributed by atoms with van der Waals surface area (Å²) in [4.78, 5) is 22.5. The standard InChI is InChI=1S/C29H29N3O2S/c1-21-28(35-29(30-21)25-10-8-23(9-11-25)22-6-4-3-5-7-22)24-12-14-26(15-13-24)34-20-27(33)32-18-16-31(2)17-19-32/h3-15H,16-20H2,1-2H3. The first kappa shape index (κ1) is 23.3. The maximum absolute atomic E-state index is 12.4. The largest absolute Gasteiger partial charge is 0.484 e. The van der Waals surface area contributed by atoms with E-state index in [9.17, 15) is 4.79 Å². The normalized spacial score (nSPS) is 14.2. The Bertz CT molecular complexity index is 1280. The summed E-state index contributed by atoms with van der Waals surface area (Å²) >= 11 is 1.69. The van der Waals surface area contributed by atoms with Crippen molar-refractivity contribution in [2.75, 3.05) is 39.8 Å². The van der Waals surface area contributed by atoms with Crippen LogP contribution in [0.5, 0.6) is 5.75 Å². The summed E-state index contributed by atoms with van der Waals surface area (Å²) in [6.07, 6.45) is 0. The van der Waals surface area contributed by atoms with Crippen LogP contribution < -0.4 is 4.74 Å². The van der Waals surface area contributed by atoms with Gasteiger partial charge in [0.2, 0.25) is 0 Å². The van der Waals surface area contributed by atoms with Gasteiger partial charge in [-0.3, -0.25) is 4.79 Å². The van der Waals surface area contributed by atoms with Crippen LogP contribution in [0.15, 0.2) is 78.9 Å². The second-order valence-electron chi connectivity index (χ2n) is 8.87. The van der Waals surface area contributed by atoms with Gasteiger partial charge in [0.05, 0.1) is 10.6 Å². The number of nitrogens with zero attached hydrogens (tertiary/aromatic N) is 3. The minimum absolute atomic E-state index is 0.0448. The fourth-order valence-electron chi connectivity index (χ4n) is 4.22. The van der Waals surface area contributed by atoms with Crippen LogP contribution >= 0.6 is 11.3 Å². The van der Waals surface area contributed by atoms with Crippen LogP contribution in [0.25, 0.3) is 32.1 Å². The molecular formula is C29H29N3O2S. The van der Waals surface area contributed by atoms with Gasteiger partial charge in [0.1, 0.15) is 10.8 Å². The molecule has 5 nitrogen and oxygen atoms in total. The number of ether oxygens (including phenoxy) is 1. The molecular weight excluding hydrogens is 454 g/mol. The molecule has 0 radical (unpaired) electrons. The lowest BCUT2D eigenvalue weighted by atomic mass is 10.0. The number of likely N-dealkylation sites (N-methyl/N-ethyl adjacent to an activating group) is 1. The third-order valence-electron chi connectivity index (χ3n) is 6.37. The molecule has 1 amide bonds. The quantitative estimate of drug-likeness (QED) is 0.358. The van der Waals surface area contributed by atoms with Crippen molar-refractivity contribution in [3.8, 4) is 37.9 Å². The summed E-state index contributed by atoms with van der Waals surface area (Å²) in [7, 11) is 2.08. The molecule has 0 saturated carbocycles. The zero-order valence-electron chi connectivity index (χ0n) is 20.1. The van der Waals surface area contributed by atoms with Gasteiger partial charge in [-0.15, -0.1) is 11.3 Å². The summed E-state index contributed by atoms with van der Waals surface area (Å²) in [5.74, 6) is 0.749. The van der Waals surface area contributed by atoms with Gasteiger partial charge in [-0.1, -0.05) is 54.6 Å². The monoisotopic (exact) mass is 483 g/mol. The molecule has 5 rings (SSSR count). The first-order chi connectivity index (χ1) is 17.1. The summed E-state index contributed by atoms with van der Waals surface area (Å²) in [5.41, 5.74) is 5.64. The van der Waals surface area contributed by atoms with E-state index in [4.69, 9.17) is 9.72 Å². The number of carbonyl (C=O) groups excluding carboxylic acids is 1. The summed E-state index contributed by atoms with van der Waals surface area (Å²) in [6, 6.07) is 26.9. The number of piperazine rings is 1. The fraction of sp³-hybridized carbons (Fsp3) is 0.241. The first-order valence-corrected chi connectivity index (χ1v) is 12.7. The molecule has 0 bridgehead atoms. The Kier molecular flexibility index (Phi) is 6.93. The van der Waals surface area contributed by atoms with Gasteiger partial charge in [0, 0.05) is 31.7 Å². The van der Waals surface area contributed by atoms with Crippen LogP contribution in [0.1, 0.15) is 5.69 Å². The molecule has 6 heteroatoms. The number of thiazole rings is 1. The number of aromatic nitrogens is 1. The van der Waals surface area contributed by atoms with Crippen molar-refractivity contribution in [2.45, 2.75) is 6.92 Å². The predicted molar refractivity (Wildman–Crippen MR) is 143 cm³/mol. The molecule has 0 atom stereocenters. The van der Waals surface area contributed by atoms with Crippen molar-refractivity contribution >= 4 is 17.2 Å². The lowest BCUT2D eigenvalue weighted by molar-refractivity contribution is -0.134. The molecule has 3 aromatic carbocycles. The Balaban J connectivity index is 1.24. The number of amides is 1. The number of aryl methyl sites for hydroxylation is 1. The smallest absolute Gasteiger partial charge is 0.260 e. The summed E-state index contributed by atoms with van der Waals surface area (Å²) in [6.45, 7) is 5.47. The minimum atomic E-state index is 0.0448. The Hall–Kier alpha value is -3.48. The Morgan fingerprint density at radius 2 is 1.43 bits per heavy atom. The van der Waals surface area contributed by atoms with Crippen LogP contribution in [0.4, 0.5) is 0 Å². The lowest BCUT2D eigenvalue weighted by Crippen LogP contribution is -2.48. The van der Waals surface area contributed by atoms with Crippen LogP contribution in [0, 0.1) is 6.92 Å². The molecule has 1 fully saturated rings. The molecule has 0 aliphatic carbocycles. The SMILES string of the molecule is Cc1nc(-c2ccc(-c3ccccc3)cc2)sc1-c1ccc(OCC(=O)N2CCN(C)CC2)cc1. The molecule has 1 aromatic heterocycles. The second-order valence-corrected chi connectivity index (χ2v) is 9.87. The molecule has 2 heterocycles. The molecule has 1 saturated heterocycles. The lowest BCUT2D eigenvalue weighted by Gasteiger charge is -2.32. The fourth-order valence-corrected chi connectivity index (χ4v) is 5.30. The third kappa shape index (κ3) is 5.45. The maximum atomic E-state index is 12.4. The average Bonchev–Trinajstić information content (AvgIpc) is 3.30. The van der Waals surface area contributed by atoms with Crippen molar-refractivity contribution in [3.63, 3.8) is 0 Å². The second kappa shape index (κ2) is 10.4. The molecule has 35 heavy (non-hydrogen) atoms. The maximum Gasteiger partial charge on any atom is 0.260 e. The molecule has 178 valence electrons. The molecule has 1 aliphatic rings. The number of hydrogen-bond acceptors (Lipinski definition) is 5. The first-order valence-electron chi connectivity index (χ1n) is 11.9. The van der Waals surface area contributed by atoms with Gasteiger partial charge < -0.3 is 14.5 Å². The highest BCUT2D eigenvalue weighted by molar-refractivity contribution is 7.18. The molecule has 4 aromatic rings. The van der Waals surface area contributed by atoms with Gasteiger partial charge in [-0.2, -0.15) is 0 Å². The van der Waals surface area contributed by atoms with Crippen molar-refractivity contribution in [3.05, 3.63) is 84.6 Å². The van der Waals surface area contributed by atoms with E-state index in [0.29, 0.717) is 5.75 Å². The zero-order valence-corrected chi connectivity index (χ0v) is 20.9. The van der Waals surface area contributed by atoms with Gasteiger partial charge >= 0.3 is 0 Å². The Morgan fingerprint density at radius 1 is 0.829 bits per heavy atom. The van der Waals surface area contributed by atoms with Gasteiger partial charge in [0.15, 0.2) is 6.61 Å². The van der Waals surface area contributed by atoms with Crippen molar-refractivity contribution < 1.29 is 9.53 Å². The summed E-state index contributed by atoms with van der Waals surface area (Å²) < 4.78 is 5.77. The highest BCUT2D eigenvalue weighted by Crippen LogP contribution is 2.36. The van der Waals surface area contributed by atoms with Crippen molar-refractivity contribution in [2.24, 2.45) is 0 Å². The Labute approximate surface area is 210 Å². The van der Waals surface area contributed by atoms with Gasteiger partial charge in [-0.05, 0) is 54.9 Å². The van der Waals surface area contributed by atoms with Crippen LogP contribution in [-0.2, 0) is 4.79 Å². The zero-order chi connectivity index (χ0) is 24.2. The predicted octanol–water partition coefficient (Wildman–Crippen LogP) is 5.61. The number of carbonyl (C=O) groups is 1. The number of hydrogen-bond donors (Lipinski definition) is 0. The Morgan fingerprint density at radius 3 is 2.11 bits per heavy atom. The topological polar surface area (TPSA) is 45.7 Å². The van der Waals surface area contributed by atoms with E-state index in [1.165, 1.54) is 11.1 Å². The highest BCUT2D eigenvalue weighted by Gasteiger charge is 2.19. The van der Waals surface area contributed by atoms with Gasteiger partial charge in [0.25, 0.3) is 5.91 Å². The van der Waals surface area contributed by atoms with Crippen LogP contribution in [0.3, 0.4) is 0 Å². The molecule has 0 spiro atoms. The minimum Gasteiger partial charge on any atom is -0.484 e. The molecule has 1 aliphatic heterocycles. The van der Waals surface area contributed by atoms with E-state index in [1.807, 2.05) is 42.2 Å². The van der Waals surface area contributed by atoms with Gasteiger partial charge in [-0.25, -0.2) is 4.98 Å². The van der Waals surface area contributed by atoms with Crippen LogP contribution in [0.2, 0.25) is 0 Å². The highest BCUT2D eigenvalue weighted by atomic mass is 32.1.